The van der Waals surface area contributed by atoms with Crippen LogP contribution in [-0.2, 0) is 14.3 Å². The van der Waals surface area contributed by atoms with Crippen molar-refractivity contribution in [2.75, 3.05) is 26.2 Å². The highest BCUT2D eigenvalue weighted by molar-refractivity contribution is 6.10. The zero-order valence-corrected chi connectivity index (χ0v) is 22.0. The molecule has 5 rings (SSSR count). The number of nitrogens with one attached hydrogen (secondary N) is 2. The van der Waals surface area contributed by atoms with Crippen LogP contribution in [0.3, 0.4) is 0 Å². The van der Waals surface area contributed by atoms with Crippen LogP contribution in [0.15, 0.2) is 34.9 Å². The third-order valence-corrected chi connectivity index (χ3v) is 6.97. The molecule has 2 aliphatic heterocycles. The van der Waals surface area contributed by atoms with Gasteiger partial charge in [0, 0.05) is 32.1 Å². The maximum absolute atomic E-state index is 12.4. The van der Waals surface area contributed by atoms with Gasteiger partial charge >= 0.3 is 6.09 Å². The molecule has 2 aromatic carbocycles. The summed E-state index contributed by atoms with van der Waals surface area (Å²) in [7, 11) is 0. The second-order valence-electron chi connectivity index (χ2n) is 10.9. The molecule has 0 aliphatic carbocycles. The Morgan fingerprint density at radius 2 is 1.95 bits per heavy atom. The van der Waals surface area contributed by atoms with Crippen LogP contribution in [0.4, 0.5) is 4.79 Å². The minimum Gasteiger partial charge on any atom is -0.492 e. The lowest BCUT2D eigenvalue weighted by Crippen LogP contribution is -2.47. The Labute approximate surface area is 221 Å². The summed E-state index contributed by atoms with van der Waals surface area (Å²) in [6.45, 7) is 8.19. The number of hydrogen-bond donors (Lipinski definition) is 2. The first kappa shape index (κ1) is 26.0. The summed E-state index contributed by atoms with van der Waals surface area (Å²) in [5.74, 6) is -0.363. The van der Waals surface area contributed by atoms with Crippen molar-refractivity contribution in [2.24, 2.45) is 0 Å². The lowest BCUT2D eigenvalue weighted by atomic mass is 9.91. The second-order valence-corrected chi connectivity index (χ2v) is 10.9. The molecule has 3 amide bonds. The fourth-order valence-electron chi connectivity index (χ4n) is 5.08. The van der Waals surface area contributed by atoms with Crippen molar-refractivity contribution < 1.29 is 28.4 Å². The molecule has 3 aromatic rings. The lowest BCUT2D eigenvalue weighted by molar-refractivity contribution is -0.134. The number of fused-ring (bicyclic) bond motifs is 3. The normalized spacial score (nSPS) is 19.1. The molecule has 3 heterocycles. The number of carbonyl (C=O) groups is 3. The van der Waals surface area contributed by atoms with Gasteiger partial charge in [0.05, 0.1) is 11.3 Å². The standard InChI is InChI=1S/C28H34N4O6/c1-28(2,3)37-27(35)32-13-10-18(11-14-32)29-12-15-36-19-5-6-20-17(16-19)4-8-22-24(20)25(31-38-22)21-7-9-23(33)30-26(21)34/h4-6,8,16,18,21,29H,7,9-15H2,1-3H3,(H,30,33,34)/t21-/m0/s1. The predicted molar refractivity (Wildman–Crippen MR) is 141 cm³/mol. The van der Waals surface area contributed by atoms with E-state index in [2.05, 4.69) is 15.8 Å². The van der Waals surface area contributed by atoms with Gasteiger partial charge in [-0.1, -0.05) is 11.2 Å². The van der Waals surface area contributed by atoms with Crippen molar-refractivity contribution in [1.82, 2.24) is 20.7 Å². The number of ether oxygens (including phenoxy) is 2. The van der Waals surface area contributed by atoms with Crippen LogP contribution in [0.5, 0.6) is 5.75 Å². The lowest BCUT2D eigenvalue weighted by Gasteiger charge is -2.33. The Balaban J connectivity index is 1.16. The van der Waals surface area contributed by atoms with Gasteiger partial charge in [0.15, 0.2) is 5.58 Å². The SMILES string of the molecule is CC(C)(C)OC(=O)N1CCC(NCCOc2ccc3c(ccc4onc([C@@H]5CCC(=O)NC5=O)c43)c2)CC1. The molecule has 1 aromatic heterocycles. The van der Waals surface area contributed by atoms with E-state index in [1.54, 1.807) is 4.90 Å². The molecule has 0 saturated carbocycles. The van der Waals surface area contributed by atoms with Crippen molar-refractivity contribution >= 4 is 39.6 Å². The van der Waals surface area contributed by atoms with Gasteiger partial charge in [-0.05, 0) is 75.1 Å². The molecule has 2 aliphatic rings. The first-order valence-electron chi connectivity index (χ1n) is 13.2. The van der Waals surface area contributed by atoms with Gasteiger partial charge in [-0.2, -0.15) is 0 Å². The Morgan fingerprint density at radius 1 is 1.16 bits per heavy atom. The minimum atomic E-state index is -0.516. The molecule has 38 heavy (non-hydrogen) atoms. The molecule has 10 nitrogen and oxygen atoms in total. The average molecular weight is 523 g/mol. The fraction of sp³-hybridized carbons (Fsp3) is 0.500. The smallest absolute Gasteiger partial charge is 0.410 e. The molecule has 0 spiro atoms. The maximum atomic E-state index is 12.4. The molecule has 10 heteroatoms. The molecule has 2 saturated heterocycles. The predicted octanol–water partition coefficient (Wildman–Crippen LogP) is 3.87. The summed E-state index contributed by atoms with van der Waals surface area (Å²) in [4.78, 5) is 38.0. The molecule has 202 valence electrons. The first-order valence-corrected chi connectivity index (χ1v) is 13.2. The zero-order chi connectivity index (χ0) is 26.9. The number of piperidine rings is 2. The van der Waals surface area contributed by atoms with E-state index in [0.29, 0.717) is 50.0 Å². The highest BCUT2D eigenvalue weighted by Crippen LogP contribution is 2.36. The summed E-state index contributed by atoms with van der Waals surface area (Å²) < 4.78 is 17.0. The van der Waals surface area contributed by atoms with Crippen LogP contribution in [0.25, 0.3) is 21.7 Å². The molecule has 2 N–H and O–H groups in total. The Morgan fingerprint density at radius 3 is 2.68 bits per heavy atom. The van der Waals surface area contributed by atoms with Crippen LogP contribution in [0.2, 0.25) is 0 Å². The van der Waals surface area contributed by atoms with E-state index in [0.717, 1.165) is 34.7 Å². The molecular formula is C28H34N4O6. The average Bonchev–Trinajstić information content (AvgIpc) is 3.30. The van der Waals surface area contributed by atoms with Gasteiger partial charge in [0.25, 0.3) is 0 Å². The van der Waals surface area contributed by atoms with E-state index in [1.165, 1.54) is 0 Å². The number of hydrogen-bond acceptors (Lipinski definition) is 8. The maximum Gasteiger partial charge on any atom is 0.410 e. The number of amides is 3. The van der Waals surface area contributed by atoms with Crippen LogP contribution in [-0.4, -0.2) is 65.8 Å². The molecule has 0 radical (unpaired) electrons. The van der Waals surface area contributed by atoms with Crippen molar-refractivity contribution in [1.29, 1.82) is 0 Å². The topological polar surface area (TPSA) is 123 Å². The number of likely N-dealkylation sites (tertiary alicyclic amines) is 1. The van der Waals surface area contributed by atoms with E-state index >= 15 is 0 Å². The molecule has 0 unspecified atom stereocenters. The largest absolute Gasteiger partial charge is 0.492 e. The molecular weight excluding hydrogens is 488 g/mol. The number of aromatic nitrogens is 1. The summed E-state index contributed by atoms with van der Waals surface area (Å²) in [6.07, 6.45) is 2.20. The molecule has 1 atom stereocenters. The number of rotatable bonds is 6. The highest BCUT2D eigenvalue weighted by Gasteiger charge is 2.32. The fourth-order valence-corrected chi connectivity index (χ4v) is 5.08. The van der Waals surface area contributed by atoms with Crippen molar-refractivity contribution in [2.45, 2.75) is 64.0 Å². The molecule has 2 fully saturated rings. The quantitative estimate of drug-likeness (QED) is 0.370. The minimum absolute atomic E-state index is 0.247. The van der Waals surface area contributed by atoms with E-state index in [4.69, 9.17) is 14.0 Å². The van der Waals surface area contributed by atoms with Crippen molar-refractivity contribution in [3.05, 3.63) is 36.0 Å². The first-order chi connectivity index (χ1) is 18.2. The van der Waals surface area contributed by atoms with Gasteiger partial charge in [-0.25, -0.2) is 4.79 Å². The Kier molecular flexibility index (Phi) is 7.25. The summed E-state index contributed by atoms with van der Waals surface area (Å²) in [5.41, 5.74) is 0.683. The van der Waals surface area contributed by atoms with E-state index < -0.39 is 11.5 Å². The summed E-state index contributed by atoms with van der Waals surface area (Å²) in [6, 6.07) is 9.95. The number of imide groups is 1. The summed E-state index contributed by atoms with van der Waals surface area (Å²) in [5, 5.41) is 12.8. The van der Waals surface area contributed by atoms with Gasteiger partial charge in [0.1, 0.15) is 23.7 Å². The van der Waals surface area contributed by atoms with Crippen LogP contribution < -0.4 is 15.4 Å². The summed E-state index contributed by atoms with van der Waals surface area (Å²) >= 11 is 0. The zero-order valence-electron chi connectivity index (χ0n) is 22.0. The van der Waals surface area contributed by atoms with Crippen LogP contribution in [0.1, 0.15) is 58.1 Å². The number of benzene rings is 2. The highest BCUT2D eigenvalue weighted by atomic mass is 16.6. The van der Waals surface area contributed by atoms with Gasteiger partial charge in [-0.15, -0.1) is 0 Å². The van der Waals surface area contributed by atoms with E-state index in [1.807, 2.05) is 51.1 Å². The van der Waals surface area contributed by atoms with Crippen molar-refractivity contribution in [3.8, 4) is 5.75 Å². The van der Waals surface area contributed by atoms with Crippen molar-refractivity contribution in [3.63, 3.8) is 0 Å². The van der Waals surface area contributed by atoms with Crippen LogP contribution in [0, 0.1) is 0 Å². The van der Waals surface area contributed by atoms with E-state index in [9.17, 15) is 14.4 Å². The van der Waals surface area contributed by atoms with Gasteiger partial charge in [-0.3, -0.25) is 14.9 Å². The third-order valence-electron chi connectivity index (χ3n) is 6.97. The monoisotopic (exact) mass is 522 g/mol. The second kappa shape index (κ2) is 10.6. The third kappa shape index (κ3) is 5.75. The number of nitrogens with zero attached hydrogens (tertiary/aromatic N) is 2. The molecule has 0 bridgehead atoms. The van der Waals surface area contributed by atoms with Crippen LogP contribution >= 0.6 is 0 Å². The van der Waals surface area contributed by atoms with Gasteiger partial charge < -0.3 is 24.2 Å². The van der Waals surface area contributed by atoms with E-state index in [-0.39, 0.29) is 24.3 Å². The number of carbonyl (C=O) groups excluding carboxylic acids is 3. The Hall–Kier alpha value is -3.66. The Bertz CT molecular complexity index is 1350. The van der Waals surface area contributed by atoms with Gasteiger partial charge in [0.2, 0.25) is 11.8 Å².